The van der Waals surface area contributed by atoms with E-state index in [4.69, 9.17) is 4.74 Å². The van der Waals surface area contributed by atoms with E-state index in [-0.39, 0.29) is 11.2 Å². The fourth-order valence-electron chi connectivity index (χ4n) is 1.83. The maximum Gasteiger partial charge on any atom is 0.319 e. The Hall–Kier alpha value is -0.250. The second kappa shape index (κ2) is 10.5. The molecule has 0 aliphatic rings. The molecule has 0 heterocycles. The van der Waals surface area contributed by atoms with Gasteiger partial charge in [-0.15, -0.1) is 11.8 Å². The van der Waals surface area contributed by atoms with Crippen molar-refractivity contribution in [2.24, 2.45) is 0 Å². The van der Waals surface area contributed by atoms with Gasteiger partial charge in [0.2, 0.25) is 0 Å². The number of esters is 1. The van der Waals surface area contributed by atoms with Gasteiger partial charge >= 0.3 is 5.97 Å². The summed E-state index contributed by atoms with van der Waals surface area (Å²) in [5.41, 5.74) is -0.416. The summed E-state index contributed by atoms with van der Waals surface area (Å²) in [6, 6.07) is 0. The Kier molecular flexibility index (Phi) is 10.3. The minimum absolute atomic E-state index is 0.0562. The molecule has 0 N–H and O–H groups in total. The fraction of sp³-hybridized carbons (Fsp3) is 0.938. The van der Waals surface area contributed by atoms with E-state index >= 15 is 0 Å². The van der Waals surface area contributed by atoms with Crippen LogP contribution in [0.25, 0.3) is 0 Å². The largest absolute Gasteiger partial charge is 0.459 e. The monoisotopic (exact) mass is 306 g/mol. The highest BCUT2D eigenvalue weighted by molar-refractivity contribution is 8.00. The van der Waals surface area contributed by atoms with Gasteiger partial charge in [-0.1, -0.05) is 26.2 Å². The zero-order chi connectivity index (χ0) is 15.6. The molecule has 120 valence electrons. The number of halogens is 1. The Morgan fingerprint density at radius 2 is 1.85 bits per heavy atom. The lowest BCUT2D eigenvalue weighted by Crippen LogP contribution is -2.30. The molecule has 0 aromatic carbocycles. The molecular weight excluding hydrogens is 275 g/mol. The Bertz CT molecular complexity index is 262. The van der Waals surface area contributed by atoms with Gasteiger partial charge in [0.15, 0.2) is 0 Å². The van der Waals surface area contributed by atoms with E-state index in [0.717, 1.165) is 37.9 Å². The van der Waals surface area contributed by atoms with Crippen molar-refractivity contribution in [3.63, 3.8) is 0 Å². The molecule has 2 atom stereocenters. The molecule has 0 rings (SSSR count). The molecular formula is C16H31FO2S. The Labute approximate surface area is 128 Å². The molecule has 0 aromatic heterocycles. The van der Waals surface area contributed by atoms with Crippen LogP contribution in [0.15, 0.2) is 0 Å². The molecule has 0 aliphatic carbocycles. The molecule has 20 heavy (non-hydrogen) atoms. The van der Waals surface area contributed by atoms with Gasteiger partial charge in [0.05, 0.1) is 6.17 Å². The van der Waals surface area contributed by atoms with E-state index in [1.807, 2.05) is 20.8 Å². The van der Waals surface area contributed by atoms with Gasteiger partial charge in [0.25, 0.3) is 0 Å². The number of carbonyl (C=O) groups is 1. The average Bonchev–Trinajstić information content (AvgIpc) is 2.29. The first-order valence-corrected chi connectivity index (χ1v) is 8.79. The number of unbranched alkanes of at least 4 members (excludes halogenated alkanes) is 2. The van der Waals surface area contributed by atoms with Crippen LogP contribution >= 0.6 is 11.8 Å². The molecule has 0 saturated carbocycles. The molecule has 0 spiro atoms. The molecule has 0 bridgehead atoms. The van der Waals surface area contributed by atoms with Crippen molar-refractivity contribution in [2.45, 2.75) is 90.2 Å². The standard InChI is InChI=1S/C16H31FO2S/c1-6-10-14(15(18)19-16(3,4)5)20-12-9-7-8-11-13(2)17/h13-14H,6-12H2,1-5H3. The zero-order valence-electron chi connectivity index (χ0n) is 13.7. The van der Waals surface area contributed by atoms with Crippen molar-refractivity contribution >= 4 is 17.7 Å². The van der Waals surface area contributed by atoms with E-state index < -0.39 is 11.8 Å². The smallest absolute Gasteiger partial charge is 0.319 e. The quantitative estimate of drug-likeness (QED) is 0.412. The summed E-state index contributed by atoms with van der Waals surface area (Å²) < 4.78 is 18.1. The van der Waals surface area contributed by atoms with Crippen molar-refractivity contribution in [2.75, 3.05) is 5.75 Å². The SMILES string of the molecule is CCCC(SCCCCCC(C)F)C(=O)OC(C)(C)C. The molecule has 0 amide bonds. The van der Waals surface area contributed by atoms with Crippen LogP contribution in [0.4, 0.5) is 4.39 Å². The van der Waals surface area contributed by atoms with E-state index in [2.05, 4.69) is 6.92 Å². The molecule has 2 unspecified atom stereocenters. The van der Waals surface area contributed by atoms with Crippen LogP contribution < -0.4 is 0 Å². The lowest BCUT2D eigenvalue weighted by atomic mass is 10.1. The van der Waals surface area contributed by atoms with E-state index in [1.54, 1.807) is 18.7 Å². The Balaban J connectivity index is 3.93. The number of hydrogen-bond donors (Lipinski definition) is 0. The van der Waals surface area contributed by atoms with Crippen molar-refractivity contribution in [1.82, 2.24) is 0 Å². The predicted molar refractivity (Wildman–Crippen MR) is 86.0 cm³/mol. The summed E-state index contributed by atoms with van der Waals surface area (Å²) in [7, 11) is 0. The number of hydrogen-bond acceptors (Lipinski definition) is 3. The van der Waals surface area contributed by atoms with Crippen LogP contribution in [0.2, 0.25) is 0 Å². The minimum Gasteiger partial charge on any atom is -0.459 e. The van der Waals surface area contributed by atoms with Crippen LogP contribution in [-0.4, -0.2) is 28.7 Å². The van der Waals surface area contributed by atoms with Crippen LogP contribution in [0.1, 0.15) is 73.1 Å². The molecule has 0 aliphatic heterocycles. The highest BCUT2D eigenvalue weighted by Gasteiger charge is 2.24. The first-order valence-electron chi connectivity index (χ1n) is 7.74. The number of thioether (sulfide) groups is 1. The third-order valence-corrected chi connectivity index (χ3v) is 4.14. The molecule has 0 radical (unpaired) electrons. The van der Waals surface area contributed by atoms with Gasteiger partial charge in [-0.05, 0) is 52.7 Å². The van der Waals surface area contributed by atoms with Crippen LogP contribution in [0.3, 0.4) is 0 Å². The summed E-state index contributed by atoms with van der Waals surface area (Å²) in [4.78, 5) is 12.1. The van der Waals surface area contributed by atoms with E-state index in [1.165, 1.54) is 0 Å². The normalized spacial score (nSPS) is 14.9. The summed E-state index contributed by atoms with van der Waals surface area (Å²) in [6.45, 7) is 9.39. The van der Waals surface area contributed by atoms with Gasteiger partial charge in [0, 0.05) is 0 Å². The molecule has 0 aromatic rings. The van der Waals surface area contributed by atoms with Crippen molar-refractivity contribution in [3.05, 3.63) is 0 Å². The number of ether oxygens (including phenoxy) is 1. The maximum absolute atomic E-state index is 12.6. The zero-order valence-corrected chi connectivity index (χ0v) is 14.5. The Morgan fingerprint density at radius 1 is 1.20 bits per heavy atom. The predicted octanol–water partition coefficient (Wildman–Crippen LogP) is 5.15. The lowest BCUT2D eigenvalue weighted by molar-refractivity contribution is -0.154. The summed E-state index contributed by atoms with van der Waals surface area (Å²) in [6.07, 6.45) is 4.81. The highest BCUT2D eigenvalue weighted by Crippen LogP contribution is 2.22. The van der Waals surface area contributed by atoms with E-state index in [0.29, 0.717) is 6.42 Å². The summed E-state index contributed by atoms with van der Waals surface area (Å²) in [5.74, 6) is 0.853. The van der Waals surface area contributed by atoms with Crippen LogP contribution in [0, 0.1) is 0 Å². The van der Waals surface area contributed by atoms with Crippen LogP contribution in [-0.2, 0) is 9.53 Å². The number of rotatable bonds is 10. The summed E-state index contributed by atoms with van der Waals surface area (Å²) in [5, 5.41) is -0.0562. The Morgan fingerprint density at radius 3 is 2.35 bits per heavy atom. The number of carbonyl (C=O) groups excluding carboxylic acids is 1. The third-order valence-electron chi connectivity index (χ3n) is 2.79. The van der Waals surface area contributed by atoms with Crippen molar-refractivity contribution in [1.29, 1.82) is 0 Å². The average molecular weight is 306 g/mol. The second-order valence-corrected chi connectivity index (χ2v) is 7.62. The molecule has 2 nitrogen and oxygen atoms in total. The number of alkyl halides is 1. The lowest BCUT2D eigenvalue weighted by Gasteiger charge is -2.23. The summed E-state index contributed by atoms with van der Waals surface area (Å²) >= 11 is 1.69. The topological polar surface area (TPSA) is 26.3 Å². The van der Waals surface area contributed by atoms with Gasteiger partial charge in [-0.2, -0.15) is 0 Å². The first-order chi connectivity index (χ1) is 9.26. The van der Waals surface area contributed by atoms with Gasteiger partial charge in [0.1, 0.15) is 10.9 Å². The highest BCUT2D eigenvalue weighted by atomic mass is 32.2. The minimum atomic E-state index is -0.697. The first kappa shape index (κ1) is 19.8. The van der Waals surface area contributed by atoms with E-state index in [9.17, 15) is 9.18 Å². The van der Waals surface area contributed by atoms with Gasteiger partial charge in [-0.3, -0.25) is 4.79 Å². The van der Waals surface area contributed by atoms with Crippen LogP contribution in [0.5, 0.6) is 0 Å². The second-order valence-electron chi connectivity index (χ2n) is 6.31. The van der Waals surface area contributed by atoms with Crippen molar-refractivity contribution < 1.29 is 13.9 Å². The van der Waals surface area contributed by atoms with Crippen molar-refractivity contribution in [3.8, 4) is 0 Å². The maximum atomic E-state index is 12.6. The molecule has 4 heteroatoms. The fourth-order valence-corrected chi connectivity index (χ4v) is 3.07. The molecule has 0 saturated heterocycles. The van der Waals surface area contributed by atoms with Gasteiger partial charge < -0.3 is 4.74 Å². The molecule has 0 fully saturated rings. The third kappa shape index (κ3) is 11.6. The van der Waals surface area contributed by atoms with Gasteiger partial charge in [-0.25, -0.2) is 4.39 Å².